The van der Waals surface area contributed by atoms with E-state index in [1.165, 1.54) is 40.9 Å². The van der Waals surface area contributed by atoms with Crippen molar-refractivity contribution in [2.75, 3.05) is 37.7 Å². The van der Waals surface area contributed by atoms with E-state index >= 15 is 0 Å². The summed E-state index contributed by atoms with van der Waals surface area (Å²) in [6.07, 6.45) is 2.91. The number of amides is 1. The van der Waals surface area contributed by atoms with Gasteiger partial charge in [-0.3, -0.25) is 4.79 Å². The van der Waals surface area contributed by atoms with E-state index < -0.39 is 0 Å². The van der Waals surface area contributed by atoms with Gasteiger partial charge in [0.2, 0.25) is 11.7 Å². The van der Waals surface area contributed by atoms with E-state index in [1.807, 2.05) is 23.6 Å². The second-order valence-corrected chi connectivity index (χ2v) is 10.6. The summed E-state index contributed by atoms with van der Waals surface area (Å²) in [7, 11) is 4.65. The normalized spacial score (nSPS) is 11.0. The van der Waals surface area contributed by atoms with Crippen LogP contribution in [0.2, 0.25) is 0 Å². The summed E-state index contributed by atoms with van der Waals surface area (Å²) < 4.78 is 29.6. The first-order valence-corrected chi connectivity index (χ1v) is 14.2. The largest absolute Gasteiger partial charge is 0.493 e. The Labute approximate surface area is 249 Å². The monoisotopic (exact) mass is 603 g/mol. The predicted octanol–water partition coefficient (Wildman–Crippen LogP) is 7.08. The van der Waals surface area contributed by atoms with E-state index in [0.717, 1.165) is 16.1 Å². The van der Waals surface area contributed by atoms with E-state index in [2.05, 4.69) is 15.6 Å². The lowest BCUT2D eigenvalue weighted by atomic mass is 10.1. The fourth-order valence-corrected chi connectivity index (χ4v) is 5.88. The molecule has 0 radical (unpaired) electrons. The van der Waals surface area contributed by atoms with E-state index in [-0.39, 0.29) is 11.7 Å². The molecule has 0 bridgehead atoms. The van der Waals surface area contributed by atoms with Gasteiger partial charge in [0.15, 0.2) is 16.6 Å². The maximum atomic E-state index is 13.4. The predicted molar refractivity (Wildman–Crippen MR) is 167 cm³/mol. The first-order chi connectivity index (χ1) is 20.4. The molecule has 5 aromatic rings. The number of rotatable bonds is 10. The molecule has 214 valence electrons. The quantitative estimate of drug-likeness (QED) is 0.145. The van der Waals surface area contributed by atoms with E-state index in [1.54, 1.807) is 57.7 Å². The van der Waals surface area contributed by atoms with Crippen molar-refractivity contribution in [3.8, 4) is 38.4 Å². The van der Waals surface area contributed by atoms with Crippen molar-refractivity contribution in [1.29, 1.82) is 0 Å². The number of methoxy groups -OCH3 is 3. The van der Waals surface area contributed by atoms with Gasteiger partial charge in [0, 0.05) is 40.5 Å². The molecule has 0 spiro atoms. The minimum atomic E-state index is -0.362. The van der Waals surface area contributed by atoms with Crippen LogP contribution in [-0.2, 0) is 4.79 Å². The summed E-state index contributed by atoms with van der Waals surface area (Å²) in [6.45, 7) is 0. The summed E-state index contributed by atoms with van der Waals surface area (Å²) in [5.74, 6) is 1.16. The molecule has 42 heavy (non-hydrogen) atoms. The molecule has 0 atom stereocenters. The van der Waals surface area contributed by atoms with Gasteiger partial charge in [0.05, 0.1) is 27.0 Å². The van der Waals surface area contributed by atoms with E-state index in [9.17, 15) is 9.18 Å². The standard InChI is InChI=1S/C30H26FN5O4S2/c1-38-23-14-21(15-24(39-2)26(23)40-3)34-30-36-28(32)27(42-30)29-35-22(16-41-29)18-7-5-9-20(13-18)33-25(37)11-10-17-6-4-8-19(31)12-17/h4-16H,32H2,1-3H3,(H,33,37)(H,34,36). The number of aromatic nitrogens is 2. The van der Waals surface area contributed by atoms with Crippen molar-refractivity contribution < 1.29 is 23.4 Å². The molecule has 3 aromatic carbocycles. The third-order valence-electron chi connectivity index (χ3n) is 5.97. The molecule has 0 aliphatic carbocycles. The van der Waals surface area contributed by atoms with E-state index in [4.69, 9.17) is 24.9 Å². The molecule has 9 nitrogen and oxygen atoms in total. The molecule has 1 amide bonds. The second-order valence-electron chi connectivity index (χ2n) is 8.77. The molecule has 2 heterocycles. The maximum Gasteiger partial charge on any atom is 0.248 e. The first kappa shape index (κ1) is 28.6. The third-order valence-corrected chi connectivity index (χ3v) is 7.95. The van der Waals surface area contributed by atoms with Crippen LogP contribution in [-0.4, -0.2) is 37.2 Å². The number of nitrogens with two attached hydrogens (primary N) is 1. The van der Waals surface area contributed by atoms with Gasteiger partial charge in [-0.05, 0) is 35.9 Å². The third kappa shape index (κ3) is 6.51. The Kier molecular flexibility index (Phi) is 8.65. The van der Waals surface area contributed by atoms with Crippen molar-refractivity contribution >= 4 is 57.0 Å². The van der Waals surface area contributed by atoms with Gasteiger partial charge in [0.1, 0.15) is 21.5 Å². The molecule has 12 heteroatoms. The number of ether oxygens (including phenoxy) is 3. The summed E-state index contributed by atoms with van der Waals surface area (Å²) in [5, 5.41) is 9.29. The molecule has 0 unspecified atom stereocenters. The number of nitrogens with one attached hydrogen (secondary N) is 2. The highest BCUT2D eigenvalue weighted by Crippen LogP contribution is 2.43. The highest BCUT2D eigenvalue weighted by Gasteiger charge is 2.18. The summed E-state index contributed by atoms with van der Waals surface area (Å²) >= 11 is 2.81. The van der Waals surface area contributed by atoms with Gasteiger partial charge in [-0.15, -0.1) is 11.3 Å². The van der Waals surface area contributed by atoms with Crippen molar-refractivity contribution in [3.05, 3.63) is 83.5 Å². The number of carbonyl (C=O) groups excluding carboxylic acids is 1. The summed E-state index contributed by atoms with van der Waals surface area (Å²) in [4.78, 5) is 22.4. The molecule has 0 aliphatic rings. The average Bonchev–Trinajstić information content (AvgIpc) is 3.62. The zero-order chi connectivity index (χ0) is 29.6. The lowest BCUT2D eigenvalue weighted by molar-refractivity contribution is -0.111. The molecule has 0 saturated carbocycles. The zero-order valence-corrected chi connectivity index (χ0v) is 24.4. The molecule has 0 aliphatic heterocycles. The van der Waals surface area contributed by atoms with Crippen LogP contribution >= 0.6 is 22.7 Å². The molecule has 5 rings (SSSR count). The Balaban J connectivity index is 1.31. The average molecular weight is 604 g/mol. The smallest absolute Gasteiger partial charge is 0.248 e. The van der Waals surface area contributed by atoms with Crippen molar-refractivity contribution in [2.24, 2.45) is 0 Å². The summed E-state index contributed by atoms with van der Waals surface area (Å²) in [5.41, 5.74) is 9.71. The van der Waals surface area contributed by atoms with Crippen LogP contribution in [0.5, 0.6) is 17.2 Å². The topological polar surface area (TPSA) is 121 Å². The van der Waals surface area contributed by atoms with Crippen LogP contribution in [0.15, 0.2) is 72.1 Å². The van der Waals surface area contributed by atoms with Crippen LogP contribution in [0.3, 0.4) is 0 Å². The highest BCUT2D eigenvalue weighted by molar-refractivity contribution is 7.23. The number of halogens is 1. The lowest BCUT2D eigenvalue weighted by Gasteiger charge is -2.14. The van der Waals surface area contributed by atoms with E-state index in [0.29, 0.717) is 50.1 Å². The van der Waals surface area contributed by atoms with Crippen LogP contribution in [0.25, 0.3) is 27.2 Å². The Morgan fingerprint density at radius 1 is 0.952 bits per heavy atom. The Bertz CT molecular complexity index is 1740. The van der Waals surface area contributed by atoms with Crippen LogP contribution < -0.4 is 30.6 Å². The van der Waals surface area contributed by atoms with Crippen molar-refractivity contribution in [2.45, 2.75) is 0 Å². The number of hydrogen-bond acceptors (Lipinski definition) is 10. The number of thiazole rings is 2. The first-order valence-electron chi connectivity index (χ1n) is 12.5. The van der Waals surface area contributed by atoms with Crippen LogP contribution in [0, 0.1) is 5.82 Å². The van der Waals surface area contributed by atoms with Gasteiger partial charge in [-0.2, -0.15) is 0 Å². The van der Waals surface area contributed by atoms with Crippen LogP contribution in [0.1, 0.15) is 5.56 Å². The minimum Gasteiger partial charge on any atom is -0.493 e. The molecular formula is C30H26FN5O4S2. The molecule has 0 fully saturated rings. The van der Waals surface area contributed by atoms with Gasteiger partial charge in [-0.1, -0.05) is 35.6 Å². The second kappa shape index (κ2) is 12.7. The number of carbonyl (C=O) groups is 1. The Morgan fingerprint density at radius 3 is 2.43 bits per heavy atom. The molecule has 0 saturated heterocycles. The Morgan fingerprint density at radius 2 is 1.71 bits per heavy atom. The maximum absolute atomic E-state index is 13.4. The number of hydrogen-bond donors (Lipinski definition) is 3. The van der Waals surface area contributed by atoms with Gasteiger partial charge in [0.25, 0.3) is 0 Å². The summed E-state index contributed by atoms with van der Waals surface area (Å²) in [6, 6.07) is 16.9. The number of nitrogens with zero attached hydrogens (tertiary/aromatic N) is 2. The lowest BCUT2D eigenvalue weighted by Crippen LogP contribution is -2.07. The van der Waals surface area contributed by atoms with Crippen LogP contribution in [0.4, 0.5) is 26.7 Å². The molecule has 4 N–H and O–H groups in total. The van der Waals surface area contributed by atoms with Crippen molar-refractivity contribution in [3.63, 3.8) is 0 Å². The zero-order valence-electron chi connectivity index (χ0n) is 22.8. The fourth-order valence-electron chi connectivity index (χ4n) is 4.05. The fraction of sp³-hybridized carbons (Fsp3) is 0.100. The molecular weight excluding hydrogens is 577 g/mol. The van der Waals surface area contributed by atoms with Crippen molar-refractivity contribution in [1.82, 2.24) is 9.97 Å². The van der Waals surface area contributed by atoms with Gasteiger partial charge in [-0.25, -0.2) is 14.4 Å². The Hall–Kier alpha value is -4.94. The van der Waals surface area contributed by atoms with Gasteiger partial charge >= 0.3 is 0 Å². The minimum absolute atomic E-state index is 0.333. The highest BCUT2D eigenvalue weighted by atomic mass is 32.1. The number of benzene rings is 3. The number of nitrogen functional groups attached to an aromatic ring is 1. The molecule has 2 aromatic heterocycles. The number of anilines is 4. The van der Waals surface area contributed by atoms with Gasteiger partial charge < -0.3 is 30.6 Å². The SMILES string of the molecule is COc1cc(Nc2nc(N)c(-c3nc(-c4cccc(NC(=O)C=Cc5cccc(F)c5)c4)cs3)s2)cc(OC)c1OC.